The Bertz CT molecular complexity index is 144. The molecule has 0 saturated heterocycles. The second-order valence-electron chi connectivity index (χ2n) is 5.43. The molecule has 0 unspecified atom stereocenters. The molecule has 0 aliphatic rings. The van der Waals surface area contributed by atoms with Gasteiger partial charge in [-0.15, -0.1) is 0 Å². The van der Waals surface area contributed by atoms with E-state index in [4.69, 9.17) is 5.73 Å². The first-order valence-electron chi connectivity index (χ1n) is 7.07. The normalized spacial score (nSPS) is 12.0. The lowest BCUT2D eigenvalue weighted by Crippen LogP contribution is -2.38. The van der Waals surface area contributed by atoms with Crippen molar-refractivity contribution in [2.24, 2.45) is 5.73 Å². The average molecular weight is 228 g/mol. The van der Waals surface area contributed by atoms with Gasteiger partial charge in [0, 0.05) is 5.54 Å². The maximum Gasteiger partial charge on any atom is 0.0122 e. The van der Waals surface area contributed by atoms with E-state index >= 15 is 0 Å². The number of hydrogen-bond acceptors (Lipinski definition) is 2. The monoisotopic (exact) mass is 228 g/mol. The Morgan fingerprint density at radius 1 is 0.875 bits per heavy atom. The van der Waals surface area contributed by atoms with Crippen molar-refractivity contribution >= 4 is 0 Å². The molecule has 0 radical (unpaired) electrons. The van der Waals surface area contributed by atoms with Crippen molar-refractivity contribution in [1.82, 2.24) is 5.32 Å². The summed E-state index contributed by atoms with van der Waals surface area (Å²) in [5.41, 5.74) is 5.78. The predicted molar refractivity (Wildman–Crippen MR) is 73.7 cm³/mol. The summed E-state index contributed by atoms with van der Waals surface area (Å²) >= 11 is 0. The Morgan fingerprint density at radius 2 is 1.38 bits per heavy atom. The van der Waals surface area contributed by atoms with Crippen LogP contribution in [0, 0.1) is 0 Å². The first-order valence-corrected chi connectivity index (χ1v) is 7.07. The van der Waals surface area contributed by atoms with Crippen molar-refractivity contribution in [3.63, 3.8) is 0 Å². The van der Waals surface area contributed by atoms with Crippen LogP contribution in [0.5, 0.6) is 0 Å². The van der Waals surface area contributed by atoms with Crippen molar-refractivity contribution in [2.45, 2.75) is 77.7 Å². The number of nitrogens with two attached hydrogens (primary N) is 1. The third-order valence-corrected chi connectivity index (χ3v) is 3.37. The Labute approximate surface area is 102 Å². The van der Waals surface area contributed by atoms with Crippen LogP contribution in [0.25, 0.3) is 0 Å². The molecule has 0 aromatic heterocycles. The number of hydrogen-bond donors (Lipinski definition) is 2. The fourth-order valence-electron chi connectivity index (χ4n) is 1.70. The quantitative estimate of drug-likeness (QED) is 0.532. The maximum absolute atomic E-state index is 5.45. The van der Waals surface area contributed by atoms with Crippen LogP contribution in [0.1, 0.15) is 72.1 Å². The fourth-order valence-corrected chi connectivity index (χ4v) is 1.70. The van der Waals surface area contributed by atoms with Gasteiger partial charge in [0.15, 0.2) is 0 Å². The minimum Gasteiger partial charge on any atom is -0.330 e. The molecule has 0 saturated carbocycles. The maximum atomic E-state index is 5.45. The molecular formula is C14H32N2. The zero-order chi connectivity index (χ0) is 12.3. The van der Waals surface area contributed by atoms with Gasteiger partial charge in [-0.2, -0.15) is 0 Å². The summed E-state index contributed by atoms with van der Waals surface area (Å²) in [5.74, 6) is 0. The number of rotatable bonds is 11. The van der Waals surface area contributed by atoms with Gasteiger partial charge in [-0.1, -0.05) is 39.0 Å². The Hall–Kier alpha value is -0.0800. The fraction of sp³-hybridized carbons (Fsp3) is 1.00. The zero-order valence-electron chi connectivity index (χ0n) is 11.6. The SMILES string of the molecule is CCC(C)(C)NCCCCCCCCCN. The largest absolute Gasteiger partial charge is 0.330 e. The molecule has 0 aromatic rings. The highest BCUT2D eigenvalue weighted by molar-refractivity contribution is 4.74. The topological polar surface area (TPSA) is 38.0 Å². The first kappa shape index (κ1) is 15.9. The minimum atomic E-state index is 0.321. The van der Waals surface area contributed by atoms with Crippen LogP contribution < -0.4 is 11.1 Å². The van der Waals surface area contributed by atoms with Crippen LogP contribution in [0.15, 0.2) is 0 Å². The molecule has 0 rings (SSSR count). The van der Waals surface area contributed by atoms with Crippen LogP contribution in [-0.2, 0) is 0 Å². The number of unbranched alkanes of at least 4 members (excludes halogenated alkanes) is 6. The van der Waals surface area contributed by atoms with Gasteiger partial charge in [0.1, 0.15) is 0 Å². The summed E-state index contributed by atoms with van der Waals surface area (Å²) in [5, 5.41) is 3.60. The lowest BCUT2D eigenvalue weighted by atomic mass is 10.0. The van der Waals surface area contributed by atoms with Crippen LogP contribution in [-0.4, -0.2) is 18.6 Å². The average Bonchev–Trinajstić information content (AvgIpc) is 2.27. The summed E-state index contributed by atoms with van der Waals surface area (Å²) < 4.78 is 0. The molecule has 0 spiro atoms. The summed E-state index contributed by atoms with van der Waals surface area (Å²) in [6.45, 7) is 8.82. The van der Waals surface area contributed by atoms with Crippen LogP contribution in [0.3, 0.4) is 0 Å². The Morgan fingerprint density at radius 3 is 1.88 bits per heavy atom. The van der Waals surface area contributed by atoms with Crippen LogP contribution in [0.4, 0.5) is 0 Å². The highest BCUT2D eigenvalue weighted by Crippen LogP contribution is 2.09. The molecule has 2 heteroatoms. The Kier molecular flexibility index (Phi) is 10.0. The van der Waals surface area contributed by atoms with E-state index in [2.05, 4.69) is 26.1 Å². The van der Waals surface area contributed by atoms with E-state index in [0.29, 0.717) is 5.54 Å². The van der Waals surface area contributed by atoms with E-state index in [1.165, 1.54) is 57.9 Å². The molecule has 98 valence electrons. The Balaban J connectivity index is 3.10. The summed E-state index contributed by atoms with van der Waals surface area (Å²) in [7, 11) is 0. The molecule has 0 aromatic carbocycles. The van der Waals surface area contributed by atoms with Gasteiger partial charge in [0.2, 0.25) is 0 Å². The van der Waals surface area contributed by atoms with E-state index < -0.39 is 0 Å². The van der Waals surface area contributed by atoms with Gasteiger partial charge in [0.25, 0.3) is 0 Å². The number of nitrogens with one attached hydrogen (secondary N) is 1. The molecule has 2 nitrogen and oxygen atoms in total. The lowest BCUT2D eigenvalue weighted by molar-refractivity contribution is 0.370. The van der Waals surface area contributed by atoms with Gasteiger partial charge < -0.3 is 11.1 Å². The second-order valence-corrected chi connectivity index (χ2v) is 5.43. The second kappa shape index (κ2) is 10.1. The third kappa shape index (κ3) is 10.4. The highest BCUT2D eigenvalue weighted by Gasteiger charge is 2.12. The summed E-state index contributed by atoms with van der Waals surface area (Å²) in [6.07, 6.45) is 10.5. The van der Waals surface area contributed by atoms with Crippen molar-refractivity contribution < 1.29 is 0 Å². The van der Waals surface area contributed by atoms with Gasteiger partial charge in [-0.25, -0.2) is 0 Å². The molecule has 0 fully saturated rings. The van der Waals surface area contributed by atoms with Crippen LogP contribution >= 0.6 is 0 Å². The van der Waals surface area contributed by atoms with Gasteiger partial charge in [-0.05, 0) is 46.2 Å². The zero-order valence-corrected chi connectivity index (χ0v) is 11.6. The minimum absolute atomic E-state index is 0.321. The van der Waals surface area contributed by atoms with Gasteiger partial charge in [-0.3, -0.25) is 0 Å². The molecule has 0 aliphatic heterocycles. The molecule has 0 bridgehead atoms. The van der Waals surface area contributed by atoms with Gasteiger partial charge in [0.05, 0.1) is 0 Å². The first-order chi connectivity index (χ1) is 7.62. The van der Waals surface area contributed by atoms with E-state index in [1.54, 1.807) is 0 Å². The summed E-state index contributed by atoms with van der Waals surface area (Å²) in [6, 6.07) is 0. The molecule has 0 heterocycles. The van der Waals surface area contributed by atoms with Crippen molar-refractivity contribution in [1.29, 1.82) is 0 Å². The van der Waals surface area contributed by atoms with E-state index in [1.807, 2.05) is 0 Å². The molecule has 0 amide bonds. The predicted octanol–water partition coefficient (Wildman–Crippen LogP) is 3.45. The molecule has 0 aliphatic carbocycles. The molecule has 16 heavy (non-hydrogen) atoms. The van der Waals surface area contributed by atoms with Crippen molar-refractivity contribution in [3.05, 3.63) is 0 Å². The standard InChI is InChI=1S/C14H32N2/c1-4-14(2,3)16-13-11-9-7-5-6-8-10-12-15/h16H,4-13,15H2,1-3H3. The van der Waals surface area contributed by atoms with Gasteiger partial charge >= 0.3 is 0 Å². The highest BCUT2D eigenvalue weighted by atomic mass is 14.9. The lowest BCUT2D eigenvalue weighted by Gasteiger charge is -2.24. The van der Waals surface area contributed by atoms with Crippen molar-refractivity contribution in [3.8, 4) is 0 Å². The van der Waals surface area contributed by atoms with E-state index in [9.17, 15) is 0 Å². The smallest absolute Gasteiger partial charge is 0.0122 e. The van der Waals surface area contributed by atoms with E-state index in [0.717, 1.165) is 6.54 Å². The van der Waals surface area contributed by atoms with Crippen molar-refractivity contribution in [2.75, 3.05) is 13.1 Å². The molecular weight excluding hydrogens is 196 g/mol. The molecule has 0 atom stereocenters. The molecule has 3 N–H and O–H groups in total. The van der Waals surface area contributed by atoms with E-state index in [-0.39, 0.29) is 0 Å². The third-order valence-electron chi connectivity index (χ3n) is 3.37. The van der Waals surface area contributed by atoms with Crippen LogP contribution in [0.2, 0.25) is 0 Å². The summed E-state index contributed by atoms with van der Waals surface area (Å²) in [4.78, 5) is 0.